The Hall–Kier alpha value is -3.86. The van der Waals surface area contributed by atoms with Crippen molar-refractivity contribution in [3.8, 4) is 17.1 Å². The van der Waals surface area contributed by atoms with E-state index in [1.54, 1.807) is 13.3 Å². The summed E-state index contributed by atoms with van der Waals surface area (Å²) in [5.41, 5.74) is 2.97. The monoisotopic (exact) mass is 412 g/mol. The highest BCUT2D eigenvalue weighted by Gasteiger charge is 2.17. The van der Waals surface area contributed by atoms with Crippen LogP contribution >= 0.6 is 0 Å². The second-order valence-corrected chi connectivity index (χ2v) is 7.17. The first kappa shape index (κ1) is 20.4. The Bertz CT molecular complexity index is 1110. The molecule has 1 aromatic heterocycles. The third-order valence-corrected chi connectivity index (χ3v) is 5.07. The van der Waals surface area contributed by atoms with Crippen LogP contribution < -0.4 is 10.1 Å². The summed E-state index contributed by atoms with van der Waals surface area (Å²) in [6.45, 7) is 0. The molecule has 1 unspecified atom stereocenters. The van der Waals surface area contributed by atoms with Crippen LogP contribution in [0.25, 0.3) is 11.3 Å². The van der Waals surface area contributed by atoms with Gasteiger partial charge in [-0.3, -0.25) is 4.79 Å². The molecule has 31 heavy (non-hydrogen) atoms. The molecule has 3 aromatic carbocycles. The number of amides is 1. The second kappa shape index (κ2) is 9.76. The second-order valence-electron chi connectivity index (χ2n) is 7.17. The molecule has 0 radical (unpaired) electrons. The van der Waals surface area contributed by atoms with Gasteiger partial charge in [0.25, 0.3) is 0 Å². The molecule has 1 heterocycles. The molecule has 0 fully saturated rings. The average Bonchev–Trinajstić information content (AvgIpc) is 3.32. The number of aromatic nitrogens is 1. The van der Waals surface area contributed by atoms with Crippen LogP contribution in [-0.2, 0) is 11.2 Å². The molecule has 1 atom stereocenters. The Balaban J connectivity index is 1.43. The van der Waals surface area contributed by atoms with Gasteiger partial charge in [-0.2, -0.15) is 0 Å². The molecule has 0 saturated carbocycles. The van der Waals surface area contributed by atoms with Crippen molar-refractivity contribution in [2.45, 2.75) is 18.9 Å². The zero-order chi connectivity index (χ0) is 21.5. The molecule has 4 rings (SSSR count). The molecule has 5 nitrogen and oxygen atoms in total. The number of oxazole rings is 1. The molecule has 0 bridgehead atoms. The molecular formula is C26H24N2O3. The van der Waals surface area contributed by atoms with Gasteiger partial charge in [0.05, 0.1) is 19.3 Å². The molecule has 0 aliphatic carbocycles. The number of nitrogens with zero attached hydrogens (tertiary/aromatic N) is 1. The van der Waals surface area contributed by atoms with Gasteiger partial charge >= 0.3 is 0 Å². The lowest BCUT2D eigenvalue weighted by atomic mass is 9.98. The Morgan fingerprint density at radius 1 is 0.935 bits per heavy atom. The van der Waals surface area contributed by atoms with Crippen LogP contribution in [0.15, 0.2) is 95.5 Å². The minimum absolute atomic E-state index is 0.0656. The number of benzene rings is 3. The summed E-state index contributed by atoms with van der Waals surface area (Å²) in [6, 6.07) is 27.2. The summed E-state index contributed by atoms with van der Waals surface area (Å²) in [7, 11) is 1.64. The molecule has 1 N–H and O–H groups in total. The fourth-order valence-corrected chi connectivity index (χ4v) is 3.42. The van der Waals surface area contributed by atoms with Gasteiger partial charge in [0.15, 0.2) is 11.7 Å². The number of nitrogens with one attached hydrogen (secondary N) is 1. The van der Waals surface area contributed by atoms with Crippen molar-refractivity contribution in [1.29, 1.82) is 0 Å². The van der Waals surface area contributed by atoms with Gasteiger partial charge in [-0.05, 0) is 23.3 Å². The lowest BCUT2D eigenvalue weighted by Crippen LogP contribution is -2.29. The van der Waals surface area contributed by atoms with Gasteiger partial charge in [0, 0.05) is 18.4 Å². The van der Waals surface area contributed by atoms with Gasteiger partial charge in [0.2, 0.25) is 5.91 Å². The highest BCUT2D eigenvalue weighted by molar-refractivity contribution is 5.77. The maximum absolute atomic E-state index is 12.8. The standard InChI is InChI=1S/C26H24N2O3/c1-30-22-14-12-21(13-15-22)26(20-10-6-3-7-11-20)28-24(29)16-17-25-27-18-23(31-25)19-8-4-2-5-9-19/h2-15,18,26H,16-17H2,1H3,(H,28,29). The molecule has 0 aliphatic rings. The highest BCUT2D eigenvalue weighted by atomic mass is 16.5. The zero-order valence-electron chi connectivity index (χ0n) is 17.3. The Morgan fingerprint density at radius 3 is 2.26 bits per heavy atom. The van der Waals surface area contributed by atoms with Crippen molar-refractivity contribution in [1.82, 2.24) is 10.3 Å². The van der Waals surface area contributed by atoms with E-state index in [-0.39, 0.29) is 18.4 Å². The Morgan fingerprint density at radius 2 is 1.58 bits per heavy atom. The van der Waals surface area contributed by atoms with Gasteiger partial charge in [-0.15, -0.1) is 0 Å². The van der Waals surface area contributed by atoms with E-state index in [1.807, 2.05) is 84.9 Å². The number of carbonyl (C=O) groups is 1. The highest BCUT2D eigenvalue weighted by Crippen LogP contribution is 2.25. The van der Waals surface area contributed by atoms with E-state index in [2.05, 4.69) is 10.3 Å². The first-order valence-corrected chi connectivity index (χ1v) is 10.2. The largest absolute Gasteiger partial charge is 0.497 e. The van der Waals surface area contributed by atoms with Gasteiger partial charge in [-0.25, -0.2) is 4.98 Å². The average molecular weight is 412 g/mol. The minimum Gasteiger partial charge on any atom is -0.497 e. The van der Waals surface area contributed by atoms with E-state index in [9.17, 15) is 4.79 Å². The zero-order valence-corrected chi connectivity index (χ0v) is 17.3. The smallest absolute Gasteiger partial charge is 0.221 e. The van der Waals surface area contributed by atoms with E-state index < -0.39 is 0 Å². The van der Waals surface area contributed by atoms with Crippen LogP contribution in [-0.4, -0.2) is 18.0 Å². The SMILES string of the molecule is COc1ccc(C(NC(=O)CCc2ncc(-c3ccccc3)o2)c2ccccc2)cc1. The number of aryl methyl sites for hydroxylation is 1. The van der Waals surface area contributed by atoms with E-state index in [0.717, 1.165) is 22.4 Å². The van der Waals surface area contributed by atoms with Crippen LogP contribution in [0.4, 0.5) is 0 Å². The third kappa shape index (κ3) is 5.20. The van der Waals surface area contributed by atoms with Crippen molar-refractivity contribution < 1.29 is 13.9 Å². The molecule has 1 amide bonds. The molecule has 0 spiro atoms. The predicted molar refractivity (Wildman–Crippen MR) is 120 cm³/mol. The van der Waals surface area contributed by atoms with Crippen molar-refractivity contribution in [2.24, 2.45) is 0 Å². The summed E-state index contributed by atoms with van der Waals surface area (Å²) < 4.78 is 11.1. The first-order chi connectivity index (χ1) is 15.2. The number of ether oxygens (including phenoxy) is 1. The molecule has 4 aromatic rings. The van der Waals surface area contributed by atoms with E-state index >= 15 is 0 Å². The fraction of sp³-hybridized carbons (Fsp3) is 0.154. The maximum atomic E-state index is 12.8. The quantitative estimate of drug-likeness (QED) is 0.433. The van der Waals surface area contributed by atoms with Gasteiger partial charge < -0.3 is 14.5 Å². The third-order valence-electron chi connectivity index (χ3n) is 5.07. The molecular weight excluding hydrogens is 388 g/mol. The number of hydrogen-bond acceptors (Lipinski definition) is 4. The van der Waals surface area contributed by atoms with Crippen molar-refractivity contribution >= 4 is 5.91 Å². The number of hydrogen-bond donors (Lipinski definition) is 1. The van der Waals surface area contributed by atoms with Gasteiger partial charge in [0.1, 0.15) is 5.75 Å². The summed E-state index contributed by atoms with van der Waals surface area (Å²) in [4.78, 5) is 17.1. The molecule has 156 valence electrons. The summed E-state index contributed by atoms with van der Waals surface area (Å²) in [5, 5.41) is 3.15. The topological polar surface area (TPSA) is 64.4 Å². The van der Waals surface area contributed by atoms with Gasteiger partial charge in [-0.1, -0.05) is 72.8 Å². The van der Waals surface area contributed by atoms with Crippen LogP contribution in [0, 0.1) is 0 Å². The van der Waals surface area contributed by atoms with Crippen LogP contribution in [0.1, 0.15) is 29.5 Å². The number of carbonyl (C=O) groups excluding carboxylic acids is 1. The summed E-state index contributed by atoms with van der Waals surface area (Å²) >= 11 is 0. The molecule has 0 aliphatic heterocycles. The summed E-state index contributed by atoms with van der Waals surface area (Å²) in [5.74, 6) is 1.97. The number of rotatable bonds is 8. The minimum atomic E-state index is -0.246. The Labute approximate surface area is 181 Å². The summed E-state index contributed by atoms with van der Waals surface area (Å²) in [6.07, 6.45) is 2.42. The lowest BCUT2D eigenvalue weighted by molar-refractivity contribution is -0.121. The molecule has 0 saturated heterocycles. The van der Waals surface area contributed by atoms with Crippen LogP contribution in [0.2, 0.25) is 0 Å². The predicted octanol–water partition coefficient (Wildman–Crippen LogP) is 5.19. The lowest BCUT2D eigenvalue weighted by Gasteiger charge is -2.20. The first-order valence-electron chi connectivity index (χ1n) is 10.2. The van der Waals surface area contributed by atoms with E-state index in [4.69, 9.17) is 9.15 Å². The van der Waals surface area contributed by atoms with Crippen molar-refractivity contribution in [2.75, 3.05) is 7.11 Å². The van der Waals surface area contributed by atoms with E-state index in [0.29, 0.717) is 18.1 Å². The van der Waals surface area contributed by atoms with E-state index in [1.165, 1.54) is 0 Å². The van der Waals surface area contributed by atoms with Crippen molar-refractivity contribution in [3.05, 3.63) is 108 Å². The molecule has 5 heteroatoms. The normalized spacial score (nSPS) is 11.6. The van der Waals surface area contributed by atoms with Crippen LogP contribution in [0.5, 0.6) is 5.75 Å². The maximum Gasteiger partial charge on any atom is 0.221 e. The number of methoxy groups -OCH3 is 1. The van der Waals surface area contributed by atoms with Crippen molar-refractivity contribution in [3.63, 3.8) is 0 Å². The van der Waals surface area contributed by atoms with Crippen LogP contribution in [0.3, 0.4) is 0 Å². The fourth-order valence-electron chi connectivity index (χ4n) is 3.42. The Kier molecular flexibility index (Phi) is 6.43.